The van der Waals surface area contributed by atoms with Gasteiger partial charge in [-0.25, -0.2) is 0 Å². The van der Waals surface area contributed by atoms with Crippen LogP contribution in [0.4, 0.5) is 0 Å². The van der Waals surface area contributed by atoms with Gasteiger partial charge in [-0.05, 0) is 31.2 Å². The summed E-state index contributed by atoms with van der Waals surface area (Å²) >= 11 is 14.0. The number of amides is 1. The van der Waals surface area contributed by atoms with Crippen LogP contribution in [0.5, 0.6) is 5.75 Å². The third-order valence-electron chi connectivity index (χ3n) is 4.26. The van der Waals surface area contributed by atoms with Crippen molar-refractivity contribution in [3.8, 4) is 5.75 Å². The first kappa shape index (κ1) is 19.8. The second-order valence-corrected chi connectivity index (χ2v) is 7.92. The second-order valence-electron chi connectivity index (χ2n) is 6.13. The predicted octanol–water partition coefficient (Wildman–Crippen LogP) is 6.08. The Labute approximate surface area is 180 Å². The molecule has 0 radical (unpaired) electrons. The van der Waals surface area contributed by atoms with E-state index in [4.69, 9.17) is 32.4 Å². The van der Waals surface area contributed by atoms with Gasteiger partial charge in [0.2, 0.25) is 0 Å². The van der Waals surface area contributed by atoms with Crippen molar-refractivity contribution in [1.29, 1.82) is 0 Å². The molecular formula is C21H16Cl2N2O3S. The molecule has 0 aliphatic rings. The Morgan fingerprint density at radius 1 is 1.31 bits per heavy atom. The smallest absolute Gasteiger partial charge is 0.315 e. The number of carbonyl (C=O) groups excluding carboxylic acids is 1. The van der Waals surface area contributed by atoms with Crippen molar-refractivity contribution >= 4 is 61.6 Å². The molecule has 0 spiro atoms. The van der Waals surface area contributed by atoms with Gasteiger partial charge in [0.1, 0.15) is 0 Å². The minimum Gasteiger partial charge on any atom is -0.490 e. The van der Waals surface area contributed by atoms with E-state index < -0.39 is 5.91 Å². The normalized spacial score (nSPS) is 12.0. The van der Waals surface area contributed by atoms with Crippen molar-refractivity contribution in [1.82, 2.24) is 4.57 Å². The van der Waals surface area contributed by atoms with Crippen LogP contribution < -0.4 is 9.54 Å². The molecule has 5 nitrogen and oxygen atoms in total. The third-order valence-corrected chi connectivity index (χ3v) is 6.10. The molecule has 1 amide bonds. The minimum absolute atomic E-state index is 0.131. The van der Waals surface area contributed by atoms with Gasteiger partial charge in [0.05, 0.1) is 26.9 Å². The van der Waals surface area contributed by atoms with Gasteiger partial charge >= 0.3 is 5.91 Å². The van der Waals surface area contributed by atoms with Gasteiger partial charge in [-0.3, -0.25) is 4.79 Å². The zero-order valence-electron chi connectivity index (χ0n) is 15.4. The van der Waals surface area contributed by atoms with Crippen LogP contribution >= 0.6 is 34.5 Å². The van der Waals surface area contributed by atoms with E-state index in [9.17, 15) is 4.79 Å². The largest absolute Gasteiger partial charge is 0.490 e. The van der Waals surface area contributed by atoms with Gasteiger partial charge in [-0.15, -0.1) is 6.58 Å². The fourth-order valence-corrected chi connectivity index (χ4v) is 4.70. The maximum atomic E-state index is 12.9. The zero-order valence-corrected chi connectivity index (χ0v) is 17.8. The van der Waals surface area contributed by atoms with E-state index in [1.165, 1.54) is 11.3 Å². The number of nitrogens with zero attached hydrogens (tertiary/aromatic N) is 2. The van der Waals surface area contributed by atoms with E-state index in [1.54, 1.807) is 30.3 Å². The summed E-state index contributed by atoms with van der Waals surface area (Å²) in [7, 11) is 0. The molecule has 148 valence electrons. The lowest BCUT2D eigenvalue weighted by molar-refractivity contribution is 0.0973. The number of furan rings is 1. The van der Waals surface area contributed by atoms with Crippen molar-refractivity contribution in [2.45, 2.75) is 13.5 Å². The van der Waals surface area contributed by atoms with Crippen LogP contribution in [0.2, 0.25) is 10.0 Å². The molecule has 29 heavy (non-hydrogen) atoms. The molecule has 2 aromatic carbocycles. The number of hydrogen-bond donors (Lipinski definition) is 0. The average Bonchev–Trinajstić information content (AvgIpc) is 3.29. The summed E-state index contributed by atoms with van der Waals surface area (Å²) in [5.74, 6) is 0.221. The molecule has 0 N–H and O–H groups in total. The average molecular weight is 447 g/mol. The summed E-state index contributed by atoms with van der Waals surface area (Å²) in [6.45, 7) is 6.60. The van der Waals surface area contributed by atoms with E-state index in [1.807, 2.05) is 23.6 Å². The van der Waals surface area contributed by atoms with Gasteiger partial charge in [0, 0.05) is 11.9 Å². The second kappa shape index (κ2) is 8.06. The van der Waals surface area contributed by atoms with Crippen LogP contribution in [0.3, 0.4) is 0 Å². The maximum Gasteiger partial charge on any atom is 0.315 e. The molecule has 0 aliphatic heterocycles. The van der Waals surface area contributed by atoms with Crippen molar-refractivity contribution in [2.75, 3.05) is 6.61 Å². The SMILES string of the molecule is C=CCn1c(=NC(=O)c2cc3cccc(OCC)c3o2)sc2c(Cl)ccc(Cl)c21. The Morgan fingerprint density at radius 3 is 2.86 bits per heavy atom. The van der Waals surface area contributed by atoms with Crippen LogP contribution in [0.15, 0.2) is 58.5 Å². The number of halogens is 2. The number of fused-ring (bicyclic) bond motifs is 2. The summed E-state index contributed by atoms with van der Waals surface area (Å²) in [6, 6.07) is 10.6. The summed E-state index contributed by atoms with van der Waals surface area (Å²) in [4.78, 5) is 17.6. The fourth-order valence-electron chi connectivity index (χ4n) is 3.05. The first-order valence-electron chi connectivity index (χ1n) is 8.86. The molecule has 0 saturated heterocycles. The summed E-state index contributed by atoms with van der Waals surface area (Å²) < 4.78 is 13.9. The Morgan fingerprint density at radius 2 is 2.10 bits per heavy atom. The van der Waals surface area contributed by atoms with Crippen LogP contribution in [-0.4, -0.2) is 17.1 Å². The molecular weight excluding hydrogens is 431 g/mol. The number of hydrogen-bond acceptors (Lipinski definition) is 4. The van der Waals surface area contributed by atoms with E-state index in [0.717, 1.165) is 15.6 Å². The van der Waals surface area contributed by atoms with Crippen LogP contribution in [0.1, 0.15) is 17.5 Å². The van der Waals surface area contributed by atoms with Crippen LogP contribution in [0, 0.1) is 0 Å². The molecule has 0 fully saturated rings. The van der Waals surface area contributed by atoms with Gasteiger partial charge in [0.15, 0.2) is 21.9 Å². The number of benzene rings is 2. The lowest BCUT2D eigenvalue weighted by Crippen LogP contribution is -2.16. The number of ether oxygens (including phenoxy) is 1. The van der Waals surface area contributed by atoms with Crippen molar-refractivity contribution in [3.63, 3.8) is 0 Å². The van der Waals surface area contributed by atoms with Crippen LogP contribution in [0.25, 0.3) is 21.2 Å². The lowest BCUT2D eigenvalue weighted by Gasteiger charge is -2.03. The number of carbonyl (C=O) groups is 1. The number of rotatable bonds is 5. The molecule has 4 rings (SSSR count). The van der Waals surface area contributed by atoms with E-state index in [0.29, 0.717) is 39.3 Å². The predicted molar refractivity (Wildman–Crippen MR) is 117 cm³/mol. The van der Waals surface area contributed by atoms with Gasteiger partial charge in [-0.1, -0.05) is 52.7 Å². The quantitative estimate of drug-likeness (QED) is 0.349. The summed E-state index contributed by atoms with van der Waals surface area (Å²) in [5.41, 5.74) is 1.24. The Hall–Kier alpha value is -2.54. The van der Waals surface area contributed by atoms with E-state index >= 15 is 0 Å². The van der Waals surface area contributed by atoms with E-state index in [2.05, 4.69) is 11.6 Å². The van der Waals surface area contributed by atoms with Crippen molar-refractivity contribution < 1.29 is 13.9 Å². The minimum atomic E-state index is -0.500. The molecule has 2 aromatic heterocycles. The lowest BCUT2D eigenvalue weighted by atomic mass is 10.2. The molecule has 8 heteroatoms. The highest BCUT2D eigenvalue weighted by Gasteiger charge is 2.17. The number of para-hydroxylation sites is 1. The fraction of sp³-hybridized carbons (Fsp3) is 0.143. The number of allylic oxidation sites excluding steroid dienone is 1. The van der Waals surface area contributed by atoms with Gasteiger partial charge in [-0.2, -0.15) is 4.99 Å². The summed E-state index contributed by atoms with van der Waals surface area (Å²) in [6.07, 6.45) is 1.71. The highest BCUT2D eigenvalue weighted by molar-refractivity contribution is 7.17. The Kier molecular flexibility index (Phi) is 5.50. The van der Waals surface area contributed by atoms with E-state index in [-0.39, 0.29) is 5.76 Å². The highest BCUT2D eigenvalue weighted by Crippen LogP contribution is 2.32. The monoisotopic (exact) mass is 446 g/mol. The van der Waals surface area contributed by atoms with Crippen molar-refractivity contribution in [3.05, 3.63) is 69.7 Å². The molecule has 2 heterocycles. The van der Waals surface area contributed by atoms with Crippen molar-refractivity contribution in [2.24, 2.45) is 4.99 Å². The molecule has 0 saturated carbocycles. The first-order valence-corrected chi connectivity index (χ1v) is 10.4. The van der Waals surface area contributed by atoms with Gasteiger partial charge < -0.3 is 13.7 Å². The zero-order chi connectivity index (χ0) is 20.5. The molecule has 0 bridgehead atoms. The third kappa shape index (κ3) is 3.59. The standard InChI is InChI=1S/C21H16Cl2N2O3S/c1-3-10-25-17-13(22)8-9-14(23)19(17)29-21(25)24-20(26)16-11-12-6-5-7-15(27-4-2)18(12)28-16/h3,5-9,11H,1,4,10H2,2H3. The Balaban J connectivity index is 1.86. The van der Waals surface area contributed by atoms with Crippen LogP contribution in [-0.2, 0) is 6.54 Å². The van der Waals surface area contributed by atoms with Gasteiger partial charge in [0.25, 0.3) is 0 Å². The first-order chi connectivity index (χ1) is 14.0. The maximum absolute atomic E-state index is 12.9. The molecule has 4 aromatic rings. The highest BCUT2D eigenvalue weighted by atomic mass is 35.5. The Bertz CT molecular complexity index is 1320. The molecule has 0 aliphatic carbocycles. The number of thiazole rings is 1. The summed E-state index contributed by atoms with van der Waals surface area (Å²) in [5, 5.41) is 1.85. The molecule has 0 unspecified atom stereocenters. The number of aromatic nitrogens is 1. The topological polar surface area (TPSA) is 56.7 Å². The molecule has 0 atom stereocenters.